The molecule has 2 aliphatic heterocycles. The number of piperidine rings is 1. The lowest BCUT2D eigenvalue weighted by Gasteiger charge is -2.36. The van der Waals surface area contributed by atoms with Gasteiger partial charge in [0, 0.05) is 6.54 Å². The first-order valence-corrected chi connectivity index (χ1v) is 15.1. The van der Waals surface area contributed by atoms with Crippen molar-refractivity contribution in [2.45, 2.75) is 106 Å². The maximum Gasteiger partial charge on any atom is 0.111 e. The highest BCUT2D eigenvalue weighted by atomic mass is 15.1. The lowest BCUT2D eigenvalue weighted by atomic mass is 9.80. The Bertz CT molecular complexity index is 1140. The molecule has 0 aromatic heterocycles. The van der Waals surface area contributed by atoms with E-state index in [9.17, 15) is 0 Å². The Balaban J connectivity index is 1.69. The molecule has 1 aromatic rings. The van der Waals surface area contributed by atoms with E-state index in [0.717, 1.165) is 31.4 Å². The molecule has 3 heteroatoms. The van der Waals surface area contributed by atoms with Crippen LogP contribution in [0.1, 0.15) is 110 Å². The lowest BCUT2D eigenvalue weighted by Crippen LogP contribution is -2.38. The third-order valence-electron chi connectivity index (χ3n) is 8.40. The monoisotopic (exact) mass is 513 g/mol. The number of aliphatic imine (C=N–C) groups is 2. The number of benzene rings is 1. The smallest absolute Gasteiger partial charge is 0.111 e. The quantitative estimate of drug-likeness (QED) is 0.357. The zero-order valence-electron chi connectivity index (χ0n) is 25.4. The fraction of sp³-hybridized carbons (Fsp3) is 0.600. The average molecular weight is 514 g/mol. The third kappa shape index (κ3) is 6.84. The molecule has 0 radical (unpaired) electrons. The highest BCUT2D eigenvalue weighted by molar-refractivity contribution is 6.10. The SMILES string of the molecule is CCCC(/C1=C/CCC2N=CN=C2/C(C)=C\1)=C(\c1cc(C2CCN(CC(C)(C)C)CC2)ccc1C)C(C)C. The van der Waals surface area contributed by atoms with Crippen molar-refractivity contribution < 1.29 is 0 Å². The van der Waals surface area contributed by atoms with Crippen LogP contribution in [0.5, 0.6) is 0 Å². The number of likely N-dealkylation sites (tertiary alicyclic amines) is 1. The molecule has 1 saturated heterocycles. The highest BCUT2D eigenvalue weighted by Crippen LogP contribution is 2.39. The topological polar surface area (TPSA) is 28.0 Å². The normalized spacial score (nSPS) is 24.7. The summed E-state index contributed by atoms with van der Waals surface area (Å²) >= 11 is 0. The van der Waals surface area contributed by atoms with Gasteiger partial charge >= 0.3 is 0 Å². The maximum absolute atomic E-state index is 4.63. The van der Waals surface area contributed by atoms with Crippen molar-refractivity contribution >= 4 is 17.6 Å². The summed E-state index contributed by atoms with van der Waals surface area (Å²) in [7, 11) is 0. The summed E-state index contributed by atoms with van der Waals surface area (Å²) < 4.78 is 0. The molecule has 206 valence electrons. The predicted molar refractivity (Wildman–Crippen MR) is 167 cm³/mol. The zero-order chi connectivity index (χ0) is 27.4. The molecule has 3 nitrogen and oxygen atoms in total. The van der Waals surface area contributed by atoms with E-state index in [4.69, 9.17) is 0 Å². The molecule has 38 heavy (non-hydrogen) atoms. The molecule has 3 aliphatic rings. The Morgan fingerprint density at radius 2 is 1.82 bits per heavy atom. The van der Waals surface area contributed by atoms with Crippen LogP contribution in [0.2, 0.25) is 0 Å². The highest BCUT2D eigenvalue weighted by Gasteiger charge is 2.26. The first-order valence-electron chi connectivity index (χ1n) is 15.1. The molecule has 2 heterocycles. The van der Waals surface area contributed by atoms with Gasteiger partial charge in [-0.1, -0.05) is 78.3 Å². The van der Waals surface area contributed by atoms with Gasteiger partial charge in [0.1, 0.15) is 6.34 Å². The largest absolute Gasteiger partial charge is 0.303 e. The van der Waals surface area contributed by atoms with E-state index < -0.39 is 0 Å². The summed E-state index contributed by atoms with van der Waals surface area (Å²) in [6.07, 6.45) is 13.5. The zero-order valence-corrected chi connectivity index (χ0v) is 25.4. The number of nitrogens with zero attached hydrogens (tertiary/aromatic N) is 3. The molecule has 1 aliphatic carbocycles. The number of aryl methyl sites for hydroxylation is 1. The van der Waals surface area contributed by atoms with Crippen molar-refractivity contribution in [2.75, 3.05) is 19.6 Å². The van der Waals surface area contributed by atoms with Crippen LogP contribution in [0.25, 0.3) is 5.57 Å². The minimum atomic E-state index is 0.237. The van der Waals surface area contributed by atoms with Crippen LogP contribution < -0.4 is 0 Å². The maximum atomic E-state index is 4.63. The summed E-state index contributed by atoms with van der Waals surface area (Å²) in [5, 5.41) is 0. The van der Waals surface area contributed by atoms with Crippen molar-refractivity contribution in [3.63, 3.8) is 0 Å². The van der Waals surface area contributed by atoms with Crippen molar-refractivity contribution in [3.8, 4) is 0 Å². The van der Waals surface area contributed by atoms with Gasteiger partial charge in [-0.15, -0.1) is 0 Å². The molecule has 4 rings (SSSR count). The summed E-state index contributed by atoms with van der Waals surface area (Å²) in [5.41, 5.74) is 11.7. The molecule has 0 bridgehead atoms. The number of hydrogen-bond acceptors (Lipinski definition) is 3. The molecule has 0 N–H and O–H groups in total. The van der Waals surface area contributed by atoms with E-state index in [1.807, 2.05) is 0 Å². The van der Waals surface area contributed by atoms with Crippen LogP contribution in [-0.4, -0.2) is 42.6 Å². The molecular formula is C35H51N3. The van der Waals surface area contributed by atoms with Gasteiger partial charge in [-0.05, 0) is 115 Å². The predicted octanol–water partition coefficient (Wildman–Crippen LogP) is 8.95. The minimum Gasteiger partial charge on any atom is -0.303 e. The number of allylic oxidation sites excluding steroid dienone is 5. The summed E-state index contributed by atoms with van der Waals surface area (Å²) in [6.45, 7) is 22.3. The van der Waals surface area contributed by atoms with E-state index in [2.05, 4.69) is 101 Å². The number of rotatable bonds is 7. The molecule has 1 atom stereocenters. The van der Waals surface area contributed by atoms with E-state index >= 15 is 0 Å². The molecule has 0 spiro atoms. The summed E-state index contributed by atoms with van der Waals surface area (Å²) in [4.78, 5) is 11.9. The second-order valence-corrected chi connectivity index (χ2v) is 13.3. The molecule has 0 amide bonds. The van der Waals surface area contributed by atoms with Gasteiger partial charge in [0.05, 0.1) is 11.8 Å². The van der Waals surface area contributed by atoms with E-state index in [0.29, 0.717) is 17.3 Å². The summed E-state index contributed by atoms with van der Waals surface area (Å²) in [6, 6.07) is 7.61. The Morgan fingerprint density at radius 3 is 2.47 bits per heavy atom. The van der Waals surface area contributed by atoms with Crippen molar-refractivity contribution in [1.29, 1.82) is 0 Å². The van der Waals surface area contributed by atoms with E-state index in [1.54, 1.807) is 6.34 Å². The Kier molecular flexibility index (Phi) is 9.29. The lowest BCUT2D eigenvalue weighted by molar-refractivity contribution is 0.154. The first kappa shape index (κ1) is 28.7. The fourth-order valence-electron chi connectivity index (χ4n) is 6.67. The van der Waals surface area contributed by atoms with Gasteiger partial charge in [-0.2, -0.15) is 0 Å². The Hall–Kier alpha value is -2.26. The van der Waals surface area contributed by atoms with E-state index in [1.165, 1.54) is 71.5 Å². The van der Waals surface area contributed by atoms with Crippen LogP contribution in [0.4, 0.5) is 0 Å². The number of hydrogen-bond donors (Lipinski definition) is 0. The van der Waals surface area contributed by atoms with Gasteiger partial charge in [-0.3, -0.25) is 4.99 Å². The Morgan fingerprint density at radius 1 is 1.08 bits per heavy atom. The second-order valence-electron chi connectivity index (χ2n) is 13.3. The fourth-order valence-corrected chi connectivity index (χ4v) is 6.67. The third-order valence-corrected chi connectivity index (χ3v) is 8.40. The molecular weight excluding hydrogens is 462 g/mol. The summed E-state index contributed by atoms with van der Waals surface area (Å²) in [5.74, 6) is 1.12. The van der Waals surface area contributed by atoms with Crippen LogP contribution >= 0.6 is 0 Å². The van der Waals surface area contributed by atoms with Crippen LogP contribution in [0.15, 0.2) is 57.1 Å². The van der Waals surface area contributed by atoms with Gasteiger partial charge < -0.3 is 4.90 Å². The average Bonchev–Trinajstić information content (AvgIpc) is 3.30. The van der Waals surface area contributed by atoms with Gasteiger partial charge in [0.2, 0.25) is 0 Å². The van der Waals surface area contributed by atoms with Crippen LogP contribution in [0.3, 0.4) is 0 Å². The second kappa shape index (κ2) is 12.3. The molecule has 1 unspecified atom stereocenters. The van der Waals surface area contributed by atoms with Crippen molar-refractivity contribution in [2.24, 2.45) is 21.3 Å². The van der Waals surface area contributed by atoms with Crippen LogP contribution in [-0.2, 0) is 0 Å². The first-order chi connectivity index (χ1) is 18.1. The molecule has 0 saturated carbocycles. The van der Waals surface area contributed by atoms with Gasteiger partial charge in [-0.25, -0.2) is 4.99 Å². The Labute approximate surface area is 232 Å². The standard InChI is InChI=1S/C35H51N3/c1-9-11-30(29-12-10-13-32-34(26(5)20-29)37-23-36-32)33(24(2)3)31-21-28(15-14-25(31)4)27-16-18-38(19-17-27)22-35(6,7)8/h12,14-15,20-21,23-24,27,32H,9-11,13,16-19,22H2,1-8H3/b26-20-,29-12+,33-30+. The molecule has 1 aromatic carbocycles. The van der Waals surface area contributed by atoms with Crippen molar-refractivity contribution in [3.05, 3.63) is 63.8 Å². The number of fused-ring (bicyclic) bond motifs is 1. The van der Waals surface area contributed by atoms with Crippen molar-refractivity contribution in [1.82, 2.24) is 4.90 Å². The van der Waals surface area contributed by atoms with Crippen LogP contribution in [0, 0.1) is 18.3 Å². The van der Waals surface area contributed by atoms with E-state index in [-0.39, 0.29) is 6.04 Å². The van der Waals surface area contributed by atoms with Gasteiger partial charge in [0.25, 0.3) is 0 Å². The van der Waals surface area contributed by atoms with Gasteiger partial charge in [0.15, 0.2) is 0 Å². The minimum absolute atomic E-state index is 0.237. The molecule has 1 fully saturated rings.